The van der Waals surface area contributed by atoms with E-state index in [1.165, 1.54) is 14.0 Å². The van der Waals surface area contributed by atoms with Crippen LogP contribution in [0.25, 0.3) is 0 Å². The maximum Gasteiger partial charge on any atom is 0.331 e. The van der Waals surface area contributed by atoms with Crippen LogP contribution >= 0.6 is 0 Å². The maximum absolute atomic E-state index is 11.7. The first-order valence-corrected chi connectivity index (χ1v) is 7.16. The zero-order valence-electron chi connectivity index (χ0n) is 13.6. The van der Waals surface area contributed by atoms with Gasteiger partial charge in [0.05, 0.1) is 7.11 Å². The summed E-state index contributed by atoms with van der Waals surface area (Å²) < 4.78 is 9.33. The smallest absolute Gasteiger partial charge is 0.331 e. The molecule has 0 saturated heterocycles. The van der Waals surface area contributed by atoms with Crippen molar-refractivity contribution in [2.75, 3.05) is 31.0 Å². The number of anilines is 2. The molecule has 0 fully saturated rings. The highest BCUT2D eigenvalue weighted by atomic mass is 16.6. The highest BCUT2D eigenvalue weighted by Crippen LogP contribution is 2.06. The molecule has 0 aliphatic carbocycles. The van der Waals surface area contributed by atoms with E-state index in [2.05, 4.69) is 15.4 Å². The van der Waals surface area contributed by atoms with Gasteiger partial charge in [-0.1, -0.05) is 24.3 Å². The predicted octanol–water partition coefficient (Wildman–Crippen LogP) is 1.90. The summed E-state index contributed by atoms with van der Waals surface area (Å²) in [6.45, 7) is 0.896. The topological polar surface area (TPSA) is 93.7 Å². The first-order chi connectivity index (χ1) is 11.5. The van der Waals surface area contributed by atoms with Crippen molar-refractivity contribution >= 4 is 29.2 Å². The molecule has 0 spiro atoms. The molecule has 0 unspecified atom stereocenters. The van der Waals surface area contributed by atoms with Crippen LogP contribution in [-0.4, -0.2) is 38.1 Å². The van der Waals surface area contributed by atoms with E-state index in [1.54, 1.807) is 48.5 Å². The van der Waals surface area contributed by atoms with Crippen molar-refractivity contribution in [1.82, 2.24) is 0 Å². The van der Waals surface area contributed by atoms with Crippen LogP contribution in [0.3, 0.4) is 0 Å². The van der Waals surface area contributed by atoms with Crippen LogP contribution in [0, 0.1) is 0 Å². The van der Waals surface area contributed by atoms with Crippen LogP contribution < -0.4 is 10.6 Å². The molecule has 0 saturated carbocycles. The molecule has 0 heterocycles. The van der Waals surface area contributed by atoms with Gasteiger partial charge in [0.25, 0.3) is 0 Å². The Hall–Kier alpha value is -2.93. The third kappa shape index (κ3) is 8.50. The van der Waals surface area contributed by atoms with Gasteiger partial charge in [0.1, 0.15) is 13.2 Å². The monoisotopic (exact) mass is 332 g/mol. The first kappa shape index (κ1) is 19.1. The minimum absolute atomic E-state index is 0.157. The molecule has 1 rings (SSSR count). The molecule has 0 aliphatic heterocycles. The zero-order valence-corrected chi connectivity index (χ0v) is 13.6. The van der Waals surface area contributed by atoms with E-state index in [1.807, 2.05) is 0 Å². The molecule has 128 valence electrons. The molecule has 0 radical (unpaired) electrons. The highest BCUT2D eigenvalue weighted by Gasteiger charge is 2.04. The molecular weight excluding hydrogens is 312 g/mol. The normalized spacial score (nSPS) is 9.42. The summed E-state index contributed by atoms with van der Waals surface area (Å²) in [4.78, 5) is 33.7. The summed E-state index contributed by atoms with van der Waals surface area (Å²) >= 11 is 0. The number of methoxy groups -OCH3 is 1. The third-order valence-electron chi connectivity index (χ3n) is 2.61. The van der Waals surface area contributed by atoms with Crippen LogP contribution in [0.1, 0.15) is 6.92 Å². The predicted molar refractivity (Wildman–Crippen MR) is 89.8 cm³/mol. The summed E-state index contributed by atoms with van der Waals surface area (Å²) in [6.07, 6.45) is 0. The quantitative estimate of drug-likeness (QED) is 0.776. The van der Waals surface area contributed by atoms with Crippen molar-refractivity contribution in [3.05, 3.63) is 48.5 Å². The van der Waals surface area contributed by atoms with Crippen LogP contribution in [0.5, 0.6) is 0 Å². The third-order valence-corrected chi connectivity index (χ3v) is 2.61. The summed E-state index contributed by atoms with van der Waals surface area (Å²) in [5.74, 6) is -1.09. The molecule has 0 bridgehead atoms. The zero-order chi connectivity index (χ0) is 17.8. The molecule has 0 aromatic heterocycles. The van der Waals surface area contributed by atoms with Gasteiger partial charge in [-0.3, -0.25) is 9.59 Å². The second-order valence-electron chi connectivity index (χ2n) is 4.65. The van der Waals surface area contributed by atoms with E-state index in [-0.39, 0.29) is 19.1 Å². The summed E-state index contributed by atoms with van der Waals surface area (Å²) in [5, 5.41) is 5.34. The number of hydrogen-bond donors (Lipinski definition) is 2. The second kappa shape index (κ2) is 10.7. The number of carbonyl (C=O) groups excluding carboxylic acids is 3. The molecule has 2 N–H and O–H groups in total. The van der Waals surface area contributed by atoms with Gasteiger partial charge >= 0.3 is 5.97 Å². The average molecular weight is 332 g/mol. The number of esters is 1. The van der Waals surface area contributed by atoms with Crippen molar-refractivity contribution in [1.29, 1.82) is 0 Å². The number of ether oxygens (including phenoxy) is 2. The lowest BCUT2D eigenvalue weighted by Gasteiger charge is -2.04. The van der Waals surface area contributed by atoms with Gasteiger partial charge < -0.3 is 20.1 Å². The van der Waals surface area contributed by atoms with E-state index in [4.69, 9.17) is 4.74 Å². The fourth-order valence-corrected chi connectivity index (χ4v) is 1.60. The number of carbonyl (C=O) groups is 3. The van der Waals surface area contributed by atoms with Crippen LogP contribution in [0.2, 0.25) is 0 Å². The Balaban J connectivity index is 2.69. The summed E-state index contributed by atoms with van der Waals surface area (Å²) in [7, 11) is 1.24. The van der Waals surface area contributed by atoms with Crippen molar-refractivity contribution in [3.8, 4) is 0 Å². The fraction of sp³-hybridized carbons (Fsp3) is 0.235. The van der Waals surface area contributed by atoms with Crippen LogP contribution in [-0.2, 0) is 23.9 Å². The fourth-order valence-electron chi connectivity index (χ4n) is 1.60. The molecule has 1 aromatic carbocycles. The van der Waals surface area contributed by atoms with Gasteiger partial charge in [-0.05, 0) is 24.3 Å². The van der Waals surface area contributed by atoms with E-state index >= 15 is 0 Å². The standard InChI is InChI=1S/C17H20N2O5/c1-13(20)18-14-7-3-5-9-15(10-6-4-8-14)19-16(21)11-24-12-17(22)23-2/h3-10H,11-12H2,1-2H3,(H,18,20)(H,19,21). The Morgan fingerprint density at radius 3 is 1.83 bits per heavy atom. The van der Waals surface area contributed by atoms with Gasteiger partial charge in [0.15, 0.2) is 0 Å². The minimum atomic E-state index is -0.546. The maximum atomic E-state index is 11.7. The average Bonchev–Trinajstić information content (AvgIpc) is 2.54. The van der Waals surface area contributed by atoms with E-state index in [9.17, 15) is 14.4 Å². The second-order valence-corrected chi connectivity index (χ2v) is 4.65. The molecule has 7 nitrogen and oxygen atoms in total. The first-order valence-electron chi connectivity index (χ1n) is 7.16. The Labute approximate surface area is 140 Å². The highest BCUT2D eigenvalue weighted by molar-refractivity contribution is 5.91. The number of amides is 2. The Kier molecular flexibility index (Phi) is 8.55. The van der Waals surface area contributed by atoms with E-state index in [0.717, 1.165) is 0 Å². The van der Waals surface area contributed by atoms with Gasteiger partial charge in [-0.25, -0.2) is 4.79 Å². The van der Waals surface area contributed by atoms with Crippen molar-refractivity contribution in [2.24, 2.45) is 0 Å². The molecule has 24 heavy (non-hydrogen) atoms. The molecule has 0 aliphatic rings. The Morgan fingerprint density at radius 2 is 1.38 bits per heavy atom. The van der Waals surface area contributed by atoms with Crippen LogP contribution in [0.15, 0.2) is 48.5 Å². The van der Waals surface area contributed by atoms with E-state index < -0.39 is 11.9 Å². The molecule has 2 amide bonds. The number of rotatable bonds is 6. The lowest BCUT2D eigenvalue weighted by molar-refractivity contribution is -0.146. The summed E-state index contributed by atoms with van der Waals surface area (Å²) in [5.41, 5.74) is 1.21. The lowest BCUT2D eigenvalue weighted by Crippen LogP contribution is -2.21. The summed E-state index contributed by atoms with van der Waals surface area (Å²) in [6, 6.07) is 13.7. The molecule has 0 atom stereocenters. The number of nitrogens with one attached hydrogen (secondary N) is 2. The van der Waals surface area contributed by atoms with Gasteiger partial charge in [0, 0.05) is 18.3 Å². The molecule has 1 aromatic rings. The Morgan fingerprint density at radius 1 is 0.875 bits per heavy atom. The van der Waals surface area contributed by atoms with Gasteiger partial charge in [-0.15, -0.1) is 0 Å². The number of hydrogen-bond acceptors (Lipinski definition) is 5. The van der Waals surface area contributed by atoms with Crippen LogP contribution in [0.4, 0.5) is 11.4 Å². The van der Waals surface area contributed by atoms with Crippen molar-refractivity contribution in [3.63, 3.8) is 0 Å². The van der Waals surface area contributed by atoms with Gasteiger partial charge in [-0.2, -0.15) is 0 Å². The minimum Gasteiger partial charge on any atom is -0.467 e. The lowest BCUT2D eigenvalue weighted by atomic mass is 10.3. The Bertz CT molecular complexity index is 617. The van der Waals surface area contributed by atoms with Crippen molar-refractivity contribution < 1.29 is 23.9 Å². The molecular formula is C17H20N2O5. The molecule has 7 heteroatoms. The van der Waals surface area contributed by atoms with Crippen molar-refractivity contribution in [2.45, 2.75) is 6.92 Å². The SMILES string of the molecule is COC(=O)COCC(=O)Nc1ccccc(NC(C)=O)cccc1. The van der Waals surface area contributed by atoms with Gasteiger partial charge in [0.2, 0.25) is 11.8 Å². The largest absolute Gasteiger partial charge is 0.467 e. The van der Waals surface area contributed by atoms with E-state index in [0.29, 0.717) is 11.4 Å².